The predicted molar refractivity (Wildman–Crippen MR) is 329 cm³/mol. The number of nitrogens with zero attached hydrogens (tertiary/aromatic N) is 2. The normalized spacial score (nSPS) is 21.5. The van der Waals surface area contributed by atoms with Gasteiger partial charge in [0.1, 0.15) is 0 Å². The molecule has 1 spiro atoms. The number of aryl methyl sites for hydroxylation is 1. The number of piperidine rings is 1. The molecule has 2 saturated carbocycles. The molecule has 78 heavy (non-hydrogen) atoms. The highest BCUT2D eigenvalue weighted by molar-refractivity contribution is 5.77. The first-order valence-corrected chi connectivity index (χ1v) is 30.4. The SMILES string of the molecule is C=C(NC1CCCC2(CCCC2)C1)NC(C)C1=C(C)c2ccccc2C1.C=C(NC1CCN(CCC)CC1)NC(C)C1=C(C)c2ccccc2C1.C=C(NC1CCc2cn[nH]c2C1)NC(C1=C(C)c2ccccc2C1)C(C)C. The standard InChI is InChI=1S/C24H34N2.C23H30N4.C22H33N3/c1-17-22-11-5-4-9-20(22)15-23(17)18(2)25-19(3)26-21-10-8-14-24(16-21)12-6-7-13-24;1-14(2)23(21-11-17-7-5-6-8-20(17)15(21)3)26-16(4)25-19-10-9-18-13-24-27-22(18)12-19;1-5-12-25-13-10-20(11-14-25)24-18(4)23-17(3)22-15-19-8-6-7-9-21(19)16(22)2/h4-5,9,11,18,21,25-26H,3,6-8,10,12-16H2,1-2H3;5-8,13-14,19,23,25-26H,4,9-12H2,1-3H3,(H,24,27);6-9,17,20,23-24H,4-5,10-15H2,1-3H3. The fraction of sp³-hybridized carbons (Fsp3) is 0.522. The van der Waals surface area contributed by atoms with Crippen molar-refractivity contribution < 1.29 is 0 Å². The average molecular weight is 1050 g/mol. The number of hydrogen-bond donors (Lipinski definition) is 7. The van der Waals surface area contributed by atoms with Crippen LogP contribution >= 0.6 is 0 Å². The second-order valence-corrected chi connectivity index (χ2v) is 24.8. The molecule has 2 heterocycles. The molecule has 0 radical (unpaired) electrons. The molecular formula is C69H97N9. The lowest BCUT2D eigenvalue weighted by atomic mass is 9.71. The zero-order chi connectivity index (χ0) is 54.9. The van der Waals surface area contributed by atoms with Crippen LogP contribution in [0.2, 0.25) is 0 Å². The summed E-state index contributed by atoms with van der Waals surface area (Å²) >= 11 is 0. The van der Waals surface area contributed by atoms with E-state index in [0.717, 1.165) is 56.0 Å². The van der Waals surface area contributed by atoms with Crippen molar-refractivity contribution in [2.24, 2.45) is 11.3 Å². The van der Waals surface area contributed by atoms with Gasteiger partial charge in [-0.05, 0) is 208 Å². The van der Waals surface area contributed by atoms with Crippen LogP contribution in [0.25, 0.3) is 16.7 Å². The van der Waals surface area contributed by atoms with Crippen molar-refractivity contribution in [3.63, 3.8) is 0 Å². The molecule has 6 aliphatic carbocycles. The third-order valence-electron chi connectivity index (χ3n) is 18.9. The Balaban J connectivity index is 0.000000142. The van der Waals surface area contributed by atoms with E-state index in [1.54, 1.807) is 0 Å². The van der Waals surface area contributed by atoms with E-state index in [2.05, 4.69) is 195 Å². The van der Waals surface area contributed by atoms with Crippen LogP contribution in [0, 0.1) is 11.3 Å². The molecule has 5 unspecified atom stereocenters. The number of likely N-dealkylation sites (tertiary alicyclic amines) is 1. The van der Waals surface area contributed by atoms with Gasteiger partial charge < -0.3 is 36.8 Å². The molecule has 1 aliphatic heterocycles. The number of rotatable bonds is 18. The molecule has 9 heteroatoms. The summed E-state index contributed by atoms with van der Waals surface area (Å²) in [6.45, 7) is 34.6. The van der Waals surface area contributed by atoms with Gasteiger partial charge in [0, 0.05) is 55.4 Å². The molecular weight excluding hydrogens is 955 g/mol. The summed E-state index contributed by atoms with van der Waals surface area (Å²) in [6, 6.07) is 28.8. The summed E-state index contributed by atoms with van der Waals surface area (Å²) in [5, 5.41) is 29.2. The number of hydrogen-bond acceptors (Lipinski definition) is 8. The number of aromatic amines is 1. The topological polar surface area (TPSA) is 104 Å². The lowest BCUT2D eigenvalue weighted by molar-refractivity contribution is 0.164. The van der Waals surface area contributed by atoms with Gasteiger partial charge in [-0.2, -0.15) is 5.10 Å². The van der Waals surface area contributed by atoms with E-state index in [4.69, 9.17) is 0 Å². The van der Waals surface area contributed by atoms with E-state index < -0.39 is 0 Å². The summed E-state index contributed by atoms with van der Waals surface area (Å²) < 4.78 is 0. The quantitative estimate of drug-likeness (QED) is 0.0529. The maximum absolute atomic E-state index is 4.30. The molecule has 7 aliphatic rings. The van der Waals surface area contributed by atoms with Crippen LogP contribution in [0.3, 0.4) is 0 Å². The summed E-state index contributed by atoms with van der Waals surface area (Å²) in [7, 11) is 0. The Labute approximate surface area is 470 Å². The van der Waals surface area contributed by atoms with Crippen molar-refractivity contribution in [2.75, 3.05) is 19.6 Å². The minimum absolute atomic E-state index is 0.295. The van der Waals surface area contributed by atoms with Crippen LogP contribution in [0.15, 0.2) is 133 Å². The minimum atomic E-state index is 0.295. The lowest BCUT2D eigenvalue weighted by Crippen LogP contribution is -2.45. The van der Waals surface area contributed by atoms with Crippen LogP contribution in [-0.2, 0) is 32.1 Å². The number of aromatic nitrogens is 2. The van der Waals surface area contributed by atoms with E-state index in [0.29, 0.717) is 47.6 Å². The molecule has 5 atom stereocenters. The zero-order valence-corrected chi connectivity index (χ0v) is 49.2. The Morgan fingerprint density at radius 2 is 1.09 bits per heavy atom. The summed E-state index contributed by atoms with van der Waals surface area (Å²) in [5.41, 5.74) is 20.6. The Morgan fingerprint density at radius 1 is 0.603 bits per heavy atom. The molecule has 4 aromatic rings. The monoisotopic (exact) mass is 1050 g/mol. The van der Waals surface area contributed by atoms with Crippen LogP contribution < -0.4 is 31.9 Å². The maximum atomic E-state index is 4.30. The van der Waals surface area contributed by atoms with Crippen molar-refractivity contribution in [1.82, 2.24) is 47.0 Å². The second-order valence-electron chi connectivity index (χ2n) is 24.8. The highest BCUT2D eigenvalue weighted by atomic mass is 15.2. The molecule has 0 bridgehead atoms. The lowest BCUT2D eigenvalue weighted by Gasteiger charge is -2.39. The second kappa shape index (κ2) is 25.9. The van der Waals surface area contributed by atoms with Gasteiger partial charge in [0.05, 0.1) is 29.7 Å². The molecule has 7 N–H and O–H groups in total. The first kappa shape index (κ1) is 56.8. The van der Waals surface area contributed by atoms with Gasteiger partial charge in [-0.25, -0.2) is 0 Å². The predicted octanol–water partition coefficient (Wildman–Crippen LogP) is 13.5. The third kappa shape index (κ3) is 13.7. The number of fused-ring (bicyclic) bond motifs is 4. The minimum Gasteiger partial charge on any atom is -0.370 e. The highest BCUT2D eigenvalue weighted by Crippen LogP contribution is 2.49. The molecule has 11 rings (SSSR count). The van der Waals surface area contributed by atoms with Crippen LogP contribution in [-0.4, -0.2) is 71.0 Å². The van der Waals surface area contributed by atoms with E-state index in [1.165, 1.54) is 168 Å². The van der Waals surface area contributed by atoms with E-state index in [1.807, 2.05) is 6.20 Å². The third-order valence-corrected chi connectivity index (χ3v) is 18.9. The summed E-state index contributed by atoms with van der Waals surface area (Å²) in [6.07, 6.45) is 23.2. The van der Waals surface area contributed by atoms with Crippen molar-refractivity contribution in [2.45, 2.75) is 201 Å². The van der Waals surface area contributed by atoms with Crippen molar-refractivity contribution in [1.29, 1.82) is 0 Å². The molecule has 3 fully saturated rings. The fourth-order valence-corrected chi connectivity index (χ4v) is 14.7. The van der Waals surface area contributed by atoms with E-state index in [9.17, 15) is 0 Å². The molecule has 418 valence electrons. The number of H-pyrrole nitrogens is 1. The van der Waals surface area contributed by atoms with Crippen molar-refractivity contribution in [3.05, 3.63) is 178 Å². The maximum Gasteiger partial charge on any atom is 0.0919 e. The Bertz CT molecular complexity index is 2830. The van der Waals surface area contributed by atoms with Gasteiger partial charge in [0.2, 0.25) is 0 Å². The summed E-state index contributed by atoms with van der Waals surface area (Å²) in [5.74, 6) is 3.40. The first-order chi connectivity index (χ1) is 37.7. The Hall–Kier alpha value is -5.93. The Morgan fingerprint density at radius 3 is 1.63 bits per heavy atom. The first-order valence-electron chi connectivity index (χ1n) is 30.4. The number of benzene rings is 3. The molecule has 1 saturated heterocycles. The smallest absolute Gasteiger partial charge is 0.0919 e. The van der Waals surface area contributed by atoms with Crippen molar-refractivity contribution >= 4 is 16.7 Å². The molecule has 1 aromatic heterocycles. The van der Waals surface area contributed by atoms with Gasteiger partial charge in [0.15, 0.2) is 0 Å². The van der Waals surface area contributed by atoms with Gasteiger partial charge in [-0.3, -0.25) is 5.10 Å². The number of nitrogens with one attached hydrogen (secondary N) is 7. The molecule has 0 amide bonds. The van der Waals surface area contributed by atoms with Crippen molar-refractivity contribution in [3.8, 4) is 0 Å². The van der Waals surface area contributed by atoms with Gasteiger partial charge in [-0.1, -0.05) is 133 Å². The van der Waals surface area contributed by atoms with Crippen LogP contribution in [0.1, 0.15) is 177 Å². The van der Waals surface area contributed by atoms with Gasteiger partial charge in [0.25, 0.3) is 0 Å². The van der Waals surface area contributed by atoms with E-state index in [-0.39, 0.29) is 0 Å². The van der Waals surface area contributed by atoms with Gasteiger partial charge in [-0.15, -0.1) is 0 Å². The Kier molecular flexibility index (Phi) is 18.9. The molecule has 3 aromatic carbocycles. The molecule has 9 nitrogen and oxygen atoms in total. The van der Waals surface area contributed by atoms with Gasteiger partial charge >= 0.3 is 0 Å². The number of allylic oxidation sites excluding steroid dienone is 3. The van der Waals surface area contributed by atoms with Crippen LogP contribution in [0.4, 0.5) is 0 Å². The largest absolute Gasteiger partial charge is 0.370 e. The summed E-state index contributed by atoms with van der Waals surface area (Å²) in [4.78, 5) is 2.57. The fourth-order valence-electron chi connectivity index (χ4n) is 14.7. The average Bonchev–Trinajstić information content (AvgIpc) is 4.40. The zero-order valence-electron chi connectivity index (χ0n) is 49.2. The van der Waals surface area contributed by atoms with E-state index >= 15 is 0 Å². The van der Waals surface area contributed by atoms with Crippen LogP contribution in [0.5, 0.6) is 0 Å². The highest BCUT2D eigenvalue weighted by Gasteiger charge is 2.39.